The molecule has 2 amide bonds. The average Bonchev–Trinajstić information content (AvgIpc) is 2.82. The van der Waals surface area contributed by atoms with E-state index in [9.17, 15) is 9.59 Å². The van der Waals surface area contributed by atoms with E-state index in [1.54, 1.807) is 4.90 Å². The molecule has 1 aliphatic carbocycles. The second-order valence-corrected chi connectivity index (χ2v) is 6.41. The highest BCUT2D eigenvalue weighted by atomic mass is 16.2. The fraction of sp³-hybridized carbons (Fsp3) is 0.556. The number of amides is 2. The van der Waals surface area contributed by atoms with Gasteiger partial charge in [-0.15, -0.1) is 0 Å². The van der Waals surface area contributed by atoms with E-state index < -0.39 is 5.91 Å². The number of benzene rings is 1. The van der Waals surface area contributed by atoms with E-state index in [0.29, 0.717) is 13.1 Å². The van der Waals surface area contributed by atoms with Crippen molar-refractivity contribution in [2.75, 3.05) is 6.54 Å². The predicted octanol–water partition coefficient (Wildman–Crippen LogP) is 2.41. The Balaban J connectivity index is 1.58. The summed E-state index contributed by atoms with van der Waals surface area (Å²) >= 11 is 0. The first-order valence-corrected chi connectivity index (χ1v) is 8.40. The molecule has 1 N–H and O–H groups in total. The molecule has 1 aromatic rings. The number of fused-ring (bicyclic) bond motifs is 1. The molecule has 0 unspecified atom stereocenters. The normalized spacial score (nSPS) is 19.2. The molecule has 22 heavy (non-hydrogen) atoms. The fourth-order valence-corrected chi connectivity index (χ4v) is 3.48. The maximum Gasteiger partial charge on any atom is 0.312 e. The van der Waals surface area contributed by atoms with Gasteiger partial charge in [0, 0.05) is 19.1 Å². The molecule has 4 heteroatoms. The quantitative estimate of drug-likeness (QED) is 0.639. The van der Waals surface area contributed by atoms with Crippen molar-refractivity contribution in [2.24, 2.45) is 0 Å². The van der Waals surface area contributed by atoms with E-state index in [1.165, 1.54) is 18.4 Å². The minimum atomic E-state index is -0.425. The zero-order chi connectivity index (χ0) is 15.4. The van der Waals surface area contributed by atoms with Crippen LogP contribution in [0.1, 0.15) is 49.7 Å². The Kier molecular flexibility index (Phi) is 4.76. The summed E-state index contributed by atoms with van der Waals surface area (Å²) in [6, 6.07) is 8.32. The summed E-state index contributed by atoms with van der Waals surface area (Å²) < 4.78 is 0. The first kappa shape index (κ1) is 15.1. The van der Waals surface area contributed by atoms with E-state index in [1.807, 2.05) is 18.2 Å². The Morgan fingerprint density at radius 2 is 1.68 bits per heavy atom. The van der Waals surface area contributed by atoms with Crippen molar-refractivity contribution in [2.45, 2.75) is 57.5 Å². The van der Waals surface area contributed by atoms with Gasteiger partial charge >= 0.3 is 11.8 Å². The van der Waals surface area contributed by atoms with Gasteiger partial charge in [-0.3, -0.25) is 9.59 Å². The molecule has 0 saturated heterocycles. The molecule has 1 aliphatic heterocycles. The molecule has 0 radical (unpaired) electrons. The van der Waals surface area contributed by atoms with Gasteiger partial charge in [0.2, 0.25) is 0 Å². The predicted molar refractivity (Wildman–Crippen MR) is 85.2 cm³/mol. The van der Waals surface area contributed by atoms with Crippen LogP contribution < -0.4 is 5.32 Å². The number of carbonyl (C=O) groups is 2. The SMILES string of the molecule is O=C(NC1CCCCCC1)C(=O)N1CCc2ccccc2C1. The molecule has 1 saturated carbocycles. The van der Waals surface area contributed by atoms with E-state index in [2.05, 4.69) is 11.4 Å². The van der Waals surface area contributed by atoms with Crippen LogP contribution in [-0.4, -0.2) is 29.3 Å². The van der Waals surface area contributed by atoms with Gasteiger partial charge in [0.1, 0.15) is 0 Å². The maximum atomic E-state index is 12.4. The molecule has 1 aromatic carbocycles. The third-order valence-corrected chi connectivity index (χ3v) is 4.80. The Morgan fingerprint density at radius 3 is 2.41 bits per heavy atom. The van der Waals surface area contributed by atoms with Gasteiger partial charge in [-0.05, 0) is 30.4 Å². The van der Waals surface area contributed by atoms with Crippen LogP contribution in [-0.2, 0) is 22.6 Å². The van der Waals surface area contributed by atoms with Crippen molar-refractivity contribution in [3.63, 3.8) is 0 Å². The van der Waals surface area contributed by atoms with Gasteiger partial charge in [0.25, 0.3) is 0 Å². The fourth-order valence-electron chi connectivity index (χ4n) is 3.48. The first-order chi connectivity index (χ1) is 10.7. The minimum absolute atomic E-state index is 0.177. The van der Waals surface area contributed by atoms with E-state index in [4.69, 9.17) is 0 Å². The largest absolute Gasteiger partial charge is 0.345 e. The molecule has 2 aliphatic rings. The highest BCUT2D eigenvalue weighted by Gasteiger charge is 2.27. The zero-order valence-corrected chi connectivity index (χ0v) is 13.0. The number of rotatable bonds is 1. The van der Waals surface area contributed by atoms with E-state index in [0.717, 1.165) is 37.7 Å². The van der Waals surface area contributed by atoms with Crippen molar-refractivity contribution < 1.29 is 9.59 Å². The molecule has 0 atom stereocenters. The van der Waals surface area contributed by atoms with Crippen molar-refractivity contribution in [3.05, 3.63) is 35.4 Å². The molecular weight excluding hydrogens is 276 g/mol. The van der Waals surface area contributed by atoms with E-state index >= 15 is 0 Å². The number of nitrogens with one attached hydrogen (secondary N) is 1. The van der Waals surface area contributed by atoms with Crippen LogP contribution >= 0.6 is 0 Å². The molecule has 118 valence electrons. The minimum Gasteiger partial charge on any atom is -0.345 e. The van der Waals surface area contributed by atoms with Gasteiger partial charge in [-0.1, -0.05) is 49.9 Å². The number of hydrogen-bond acceptors (Lipinski definition) is 2. The van der Waals surface area contributed by atoms with E-state index in [-0.39, 0.29) is 11.9 Å². The van der Waals surface area contributed by atoms with Crippen LogP contribution in [0.3, 0.4) is 0 Å². The van der Waals surface area contributed by atoms with Crippen molar-refractivity contribution >= 4 is 11.8 Å². The van der Waals surface area contributed by atoms with Crippen LogP contribution in [0.5, 0.6) is 0 Å². The Bertz CT molecular complexity index is 548. The molecule has 1 heterocycles. The smallest absolute Gasteiger partial charge is 0.312 e. The molecular formula is C18H24N2O2. The monoisotopic (exact) mass is 300 g/mol. The molecule has 1 fully saturated rings. The summed E-state index contributed by atoms with van der Waals surface area (Å²) in [7, 11) is 0. The highest BCUT2D eigenvalue weighted by molar-refractivity contribution is 6.35. The van der Waals surface area contributed by atoms with Crippen LogP contribution in [0.4, 0.5) is 0 Å². The number of hydrogen-bond donors (Lipinski definition) is 1. The molecule has 3 rings (SSSR count). The van der Waals surface area contributed by atoms with Crippen molar-refractivity contribution in [1.29, 1.82) is 0 Å². The average molecular weight is 300 g/mol. The van der Waals surface area contributed by atoms with Crippen molar-refractivity contribution in [1.82, 2.24) is 10.2 Å². The third-order valence-electron chi connectivity index (χ3n) is 4.80. The summed E-state index contributed by atoms with van der Waals surface area (Å²) in [6.45, 7) is 1.18. The van der Waals surface area contributed by atoms with Crippen LogP contribution in [0.25, 0.3) is 0 Å². The molecule has 0 aromatic heterocycles. The summed E-state index contributed by atoms with van der Waals surface area (Å²) in [5, 5.41) is 2.95. The molecule has 0 bridgehead atoms. The van der Waals surface area contributed by atoms with Gasteiger partial charge in [-0.2, -0.15) is 0 Å². The number of carbonyl (C=O) groups excluding carboxylic acids is 2. The second kappa shape index (κ2) is 6.95. The first-order valence-electron chi connectivity index (χ1n) is 8.40. The standard InChI is InChI=1S/C18H24N2O2/c21-17(19-16-9-3-1-2-4-10-16)18(22)20-12-11-14-7-5-6-8-15(14)13-20/h5-8,16H,1-4,9-13H2,(H,19,21). The lowest BCUT2D eigenvalue weighted by atomic mass is 10.00. The Morgan fingerprint density at radius 1 is 1.00 bits per heavy atom. The zero-order valence-electron chi connectivity index (χ0n) is 13.0. The van der Waals surface area contributed by atoms with Gasteiger partial charge < -0.3 is 10.2 Å². The summed E-state index contributed by atoms with van der Waals surface area (Å²) in [5.74, 6) is -0.801. The second-order valence-electron chi connectivity index (χ2n) is 6.41. The Labute approximate surface area is 131 Å². The van der Waals surface area contributed by atoms with Crippen molar-refractivity contribution in [3.8, 4) is 0 Å². The van der Waals surface area contributed by atoms with Crippen LogP contribution in [0.15, 0.2) is 24.3 Å². The maximum absolute atomic E-state index is 12.4. The summed E-state index contributed by atoms with van der Waals surface area (Å²) in [6.07, 6.45) is 7.61. The number of nitrogens with zero attached hydrogens (tertiary/aromatic N) is 1. The molecule has 0 spiro atoms. The van der Waals surface area contributed by atoms with Gasteiger partial charge in [0.15, 0.2) is 0 Å². The van der Waals surface area contributed by atoms with Gasteiger partial charge in [-0.25, -0.2) is 0 Å². The summed E-state index contributed by atoms with van der Waals surface area (Å²) in [4.78, 5) is 26.3. The Hall–Kier alpha value is -1.84. The molecule has 4 nitrogen and oxygen atoms in total. The van der Waals surface area contributed by atoms with Crippen LogP contribution in [0.2, 0.25) is 0 Å². The highest BCUT2D eigenvalue weighted by Crippen LogP contribution is 2.19. The topological polar surface area (TPSA) is 49.4 Å². The lowest BCUT2D eigenvalue weighted by Crippen LogP contribution is -2.47. The third kappa shape index (κ3) is 3.49. The van der Waals surface area contributed by atoms with Crippen LogP contribution in [0, 0.1) is 0 Å². The summed E-state index contributed by atoms with van der Waals surface area (Å²) in [5.41, 5.74) is 2.44. The van der Waals surface area contributed by atoms with Gasteiger partial charge in [0.05, 0.1) is 0 Å². The lowest BCUT2D eigenvalue weighted by Gasteiger charge is -2.29. The lowest BCUT2D eigenvalue weighted by molar-refractivity contribution is -0.146.